The van der Waals surface area contributed by atoms with Gasteiger partial charge < -0.3 is 15.0 Å². The standard InChI is InChI=1S/C18H14BrClN4O2/c19-13-2-1-3-14(15(13)20)23-17-16-12(4-5-21-17)8-11(9-22-16)10-24-6-7-26-18(24)25/h1-5,8-9H,6-7,10H2,(H,21,23). The lowest BCUT2D eigenvalue weighted by Crippen LogP contribution is -2.23. The largest absolute Gasteiger partial charge is 0.448 e. The van der Waals surface area contributed by atoms with Crippen LogP contribution >= 0.6 is 27.5 Å². The Hall–Kier alpha value is -2.38. The van der Waals surface area contributed by atoms with Gasteiger partial charge in [0, 0.05) is 22.3 Å². The van der Waals surface area contributed by atoms with Crippen molar-refractivity contribution in [3.05, 3.63) is 57.8 Å². The molecule has 26 heavy (non-hydrogen) atoms. The summed E-state index contributed by atoms with van der Waals surface area (Å²) in [6.07, 6.45) is 3.18. The van der Waals surface area contributed by atoms with Crippen molar-refractivity contribution in [2.24, 2.45) is 0 Å². The number of nitrogens with one attached hydrogen (secondary N) is 1. The molecule has 0 saturated carbocycles. The fraction of sp³-hybridized carbons (Fsp3) is 0.167. The van der Waals surface area contributed by atoms with E-state index in [-0.39, 0.29) is 6.09 Å². The van der Waals surface area contributed by atoms with Crippen molar-refractivity contribution in [2.45, 2.75) is 6.54 Å². The van der Waals surface area contributed by atoms with Crippen LogP contribution in [-0.2, 0) is 11.3 Å². The van der Waals surface area contributed by atoms with Gasteiger partial charge in [-0.3, -0.25) is 4.98 Å². The number of nitrogens with zero attached hydrogens (tertiary/aromatic N) is 3. The highest BCUT2D eigenvalue weighted by atomic mass is 79.9. The lowest BCUT2D eigenvalue weighted by atomic mass is 10.2. The maximum absolute atomic E-state index is 11.6. The molecular weight excluding hydrogens is 420 g/mol. The van der Waals surface area contributed by atoms with E-state index in [1.54, 1.807) is 17.3 Å². The maximum atomic E-state index is 11.6. The second-order valence-electron chi connectivity index (χ2n) is 5.84. The minimum Gasteiger partial charge on any atom is -0.448 e. The molecule has 2 aromatic heterocycles. The highest BCUT2D eigenvalue weighted by Gasteiger charge is 2.22. The molecule has 0 bridgehead atoms. The minimum atomic E-state index is -0.286. The fourth-order valence-corrected chi connectivity index (χ4v) is 3.34. The van der Waals surface area contributed by atoms with E-state index < -0.39 is 0 Å². The molecule has 3 aromatic rings. The van der Waals surface area contributed by atoms with Gasteiger partial charge >= 0.3 is 6.09 Å². The number of amides is 1. The van der Waals surface area contributed by atoms with Crippen molar-refractivity contribution >= 4 is 56.0 Å². The summed E-state index contributed by atoms with van der Waals surface area (Å²) < 4.78 is 5.76. The number of anilines is 2. The Morgan fingerprint density at radius 2 is 2.19 bits per heavy atom. The van der Waals surface area contributed by atoms with Crippen molar-refractivity contribution in [1.82, 2.24) is 14.9 Å². The van der Waals surface area contributed by atoms with Crippen LogP contribution in [0.15, 0.2) is 47.2 Å². The van der Waals surface area contributed by atoms with Crippen LogP contribution in [0.2, 0.25) is 5.02 Å². The molecule has 0 aliphatic carbocycles. The molecule has 1 aliphatic heterocycles. The molecule has 0 unspecified atom stereocenters. The normalized spacial score (nSPS) is 13.9. The van der Waals surface area contributed by atoms with Crippen molar-refractivity contribution in [2.75, 3.05) is 18.5 Å². The van der Waals surface area contributed by atoms with Crippen molar-refractivity contribution in [3.63, 3.8) is 0 Å². The summed E-state index contributed by atoms with van der Waals surface area (Å²) in [6.45, 7) is 1.51. The Bertz CT molecular complexity index is 998. The van der Waals surface area contributed by atoms with E-state index in [4.69, 9.17) is 16.3 Å². The summed E-state index contributed by atoms with van der Waals surface area (Å²) in [5.74, 6) is 0.620. The number of hydrogen-bond donors (Lipinski definition) is 1. The zero-order chi connectivity index (χ0) is 18.1. The molecular formula is C18H14BrClN4O2. The lowest BCUT2D eigenvalue weighted by molar-refractivity contribution is 0.157. The van der Waals surface area contributed by atoms with Gasteiger partial charge in [-0.15, -0.1) is 0 Å². The van der Waals surface area contributed by atoms with Gasteiger partial charge in [0.15, 0.2) is 5.82 Å². The number of hydrogen-bond acceptors (Lipinski definition) is 5. The van der Waals surface area contributed by atoms with Crippen LogP contribution in [-0.4, -0.2) is 34.1 Å². The number of aromatic nitrogens is 2. The monoisotopic (exact) mass is 432 g/mol. The lowest BCUT2D eigenvalue weighted by Gasteiger charge is -2.14. The number of cyclic esters (lactones) is 1. The topological polar surface area (TPSA) is 67.3 Å². The summed E-state index contributed by atoms with van der Waals surface area (Å²) in [4.78, 5) is 22.2. The Morgan fingerprint density at radius 1 is 1.31 bits per heavy atom. The number of ether oxygens (including phenoxy) is 1. The maximum Gasteiger partial charge on any atom is 0.410 e. The number of pyridine rings is 2. The zero-order valence-corrected chi connectivity index (χ0v) is 15.9. The molecule has 0 radical (unpaired) electrons. The van der Waals surface area contributed by atoms with E-state index in [2.05, 4.69) is 31.2 Å². The van der Waals surface area contributed by atoms with Crippen LogP contribution in [0.25, 0.3) is 10.9 Å². The molecule has 1 N–H and O–H groups in total. The highest BCUT2D eigenvalue weighted by molar-refractivity contribution is 9.10. The third kappa shape index (κ3) is 3.32. The van der Waals surface area contributed by atoms with E-state index in [9.17, 15) is 4.79 Å². The first-order valence-electron chi connectivity index (χ1n) is 7.98. The van der Waals surface area contributed by atoms with Gasteiger partial charge in [0.1, 0.15) is 12.1 Å². The SMILES string of the molecule is O=C1OCCN1Cc1cnc2c(Nc3cccc(Br)c3Cl)nccc2c1. The molecule has 1 aromatic carbocycles. The molecule has 6 nitrogen and oxygen atoms in total. The summed E-state index contributed by atoms with van der Waals surface area (Å²) >= 11 is 9.74. The second kappa shape index (κ2) is 7.09. The molecule has 0 atom stereocenters. The number of halogens is 2. The summed E-state index contributed by atoms with van der Waals surface area (Å²) in [7, 11) is 0. The number of benzene rings is 1. The Labute approximate surface area is 163 Å². The van der Waals surface area contributed by atoms with Gasteiger partial charge in [0.05, 0.1) is 23.8 Å². The molecule has 3 heterocycles. The van der Waals surface area contributed by atoms with Crippen LogP contribution in [0.1, 0.15) is 5.56 Å². The molecule has 1 aliphatic rings. The van der Waals surface area contributed by atoms with Crippen molar-refractivity contribution in [3.8, 4) is 0 Å². The highest BCUT2D eigenvalue weighted by Crippen LogP contribution is 2.33. The summed E-state index contributed by atoms with van der Waals surface area (Å²) in [5, 5.41) is 4.74. The number of carbonyl (C=O) groups is 1. The van der Waals surface area contributed by atoms with Crippen LogP contribution in [0.5, 0.6) is 0 Å². The van der Waals surface area contributed by atoms with Gasteiger partial charge in [-0.25, -0.2) is 9.78 Å². The molecule has 1 fully saturated rings. The van der Waals surface area contributed by atoms with E-state index in [0.717, 1.165) is 26.6 Å². The number of carbonyl (C=O) groups excluding carboxylic acids is 1. The first-order chi connectivity index (χ1) is 12.6. The minimum absolute atomic E-state index is 0.286. The van der Waals surface area contributed by atoms with Gasteiger partial charge in [-0.05, 0) is 45.8 Å². The average Bonchev–Trinajstić information content (AvgIpc) is 3.04. The molecule has 1 amide bonds. The summed E-state index contributed by atoms with van der Waals surface area (Å²) in [5.41, 5.74) is 2.41. The third-order valence-electron chi connectivity index (χ3n) is 4.08. The van der Waals surface area contributed by atoms with E-state index >= 15 is 0 Å². The molecule has 4 rings (SSSR count). The average molecular weight is 434 g/mol. The number of fused-ring (bicyclic) bond motifs is 1. The van der Waals surface area contributed by atoms with Crippen LogP contribution in [0.4, 0.5) is 16.3 Å². The molecule has 0 spiro atoms. The van der Waals surface area contributed by atoms with Crippen molar-refractivity contribution in [1.29, 1.82) is 0 Å². The predicted octanol–water partition coefficient (Wildman–Crippen LogP) is 4.74. The van der Waals surface area contributed by atoms with E-state index in [1.165, 1.54) is 0 Å². The third-order valence-corrected chi connectivity index (χ3v) is 5.38. The van der Waals surface area contributed by atoms with Gasteiger partial charge in [-0.1, -0.05) is 17.7 Å². The zero-order valence-electron chi connectivity index (χ0n) is 13.6. The van der Waals surface area contributed by atoms with Crippen LogP contribution in [0.3, 0.4) is 0 Å². The van der Waals surface area contributed by atoms with E-state index in [0.29, 0.717) is 30.5 Å². The molecule has 1 saturated heterocycles. The Balaban J connectivity index is 1.64. The molecule has 132 valence electrons. The quantitative estimate of drug-likeness (QED) is 0.643. The van der Waals surface area contributed by atoms with Gasteiger partial charge in [0.2, 0.25) is 0 Å². The smallest absolute Gasteiger partial charge is 0.410 e. The molecule has 8 heteroatoms. The number of rotatable bonds is 4. The van der Waals surface area contributed by atoms with Gasteiger partial charge in [-0.2, -0.15) is 0 Å². The Morgan fingerprint density at radius 3 is 3.00 bits per heavy atom. The van der Waals surface area contributed by atoms with Crippen LogP contribution < -0.4 is 5.32 Å². The fourth-order valence-electron chi connectivity index (χ4n) is 2.80. The predicted molar refractivity (Wildman–Crippen MR) is 104 cm³/mol. The van der Waals surface area contributed by atoms with Crippen LogP contribution in [0, 0.1) is 0 Å². The van der Waals surface area contributed by atoms with Crippen molar-refractivity contribution < 1.29 is 9.53 Å². The Kier molecular flexibility index (Phi) is 4.65. The first-order valence-corrected chi connectivity index (χ1v) is 9.15. The second-order valence-corrected chi connectivity index (χ2v) is 7.07. The van der Waals surface area contributed by atoms with Gasteiger partial charge in [0.25, 0.3) is 0 Å². The van der Waals surface area contributed by atoms with E-state index in [1.807, 2.05) is 30.3 Å². The first kappa shape index (κ1) is 17.1. The summed E-state index contributed by atoms with van der Waals surface area (Å²) in [6, 6.07) is 9.54.